The fourth-order valence-electron chi connectivity index (χ4n) is 2.49. The monoisotopic (exact) mass is 385 g/mol. The second-order valence-electron chi connectivity index (χ2n) is 5.21. The zero-order chi connectivity index (χ0) is 18.2. The second-order valence-corrected chi connectivity index (χ2v) is 7.48. The van der Waals surface area contributed by atoms with Gasteiger partial charge in [0.1, 0.15) is 16.5 Å². The van der Waals surface area contributed by atoms with Gasteiger partial charge < -0.3 is 9.47 Å². The molecule has 0 unspecified atom stereocenters. The van der Waals surface area contributed by atoms with E-state index in [1.165, 1.54) is 25.3 Å². The number of para-hydroxylation sites is 2. The number of halogens is 2. The summed E-state index contributed by atoms with van der Waals surface area (Å²) < 4.78 is 51.2. The van der Waals surface area contributed by atoms with Gasteiger partial charge in [0.15, 0.2) is 0 Å². The number of methoxy groups -OCH3 is 1. The van der Waals surface area contributed by atoms with Crippen LogP contribution in [0.1, 0.15) is 0 Å². The van der Waals surface area contributed by atoms with Crippen molar-refractivity contribution in [2.24, 2.45) is 0 Å². The Labute approximate surface area is 148 Å². The highest BCUT2D eigenvalue weighted by Gasteiger charge is 2.38. The summed E-state index contributed by atoms with van der Waals surface area (Å²) in [6.45, 7) is -0.339. The molecule has 3 rings (SSSR count). The molecule has 1 atom stereocenters. The Bertz CT molecular complexity index is 934. The third-order valence-corrected chi connectivity index (χ3v) is 5.71. The Kier molecular flexibility index (Phi) is 4.57. The van der Waals surface area contributed by atoms with Gasteiger partial charge in [0, 0.05) is 5.02 Å². The largest absolute Gasteiger partial charge is 0.475 e. The number of esters is 1. The maximum Gasteiger partial charge on any atom is 0.348 e. The summed E-state index contributed by atoms with van der Waals surface area (Å²) in [5, 5.41) is 0.0752. The van der Waals surface area contributed by atoms with E-state index in [1.54, 1.807) is 12.1 Å². The second kappa shape index (κ2) is 6.53. The molecule has 2 aromatic rings. The number of rotatable bonds is 3. The molecule has 132 valence electrons. The van der Waals surface area contributed by atoms with E-state index in [1.807, 2.05) is 0 Å². The number of hydrogen-bond donors (Lipinski definition) is 0. The molecule has 0 aliphatic carbocycles. The molecule has 0 aromatic heterocycles. The molecule has 0 saturated carbocycles. The van der Waals surface area contributed by atoms with Gasteiger partial charge in [-0.3, -0.25) is 4.31 Å². The third kappa shape index (κ3) is 3.14. The molecule has 0 amide bonds. The molecular formula is C16H13ClFNO5S. The fourth-order valence-corrected chi connectivity index (χ4v) is 4.17. The maximum atomic E-state index is 14.2. The number of sulfonamides is 1. The number of nitrogens with zero attached hydrogens (tertiary/aromatic N) is 1. The first-order chi connectivity index (χ1) is 11.8. The quantitative estimate of drug-likeness (QED) is 0.759. The predicted molar refractivity (Wildman–Crippen MR) is 88.8 cm³/mol. The number of fused-ring (bicyclic) bond motifs is 1. The first-order valence-corrected chi connectivity index (χ1v) is 8.97. The number of hydrogen-bond acceptors (Lipinski definition) is 5. The molecule has 0 saturated heterocycles. The van der Waals surface area contributed by atoms with Crippen molar-refractivity contribution in [2.45, 2.75) is 11.0 Å². The molecule has 25 heavy (non-hydrogen) atoms. The average molecular weight is 386 g/mol. The fraction of sp³-hybridized carbons (Fsp3) is 0.188. The number of carbonyl (C=O) groups excluding carboxylic acids is 1. The molecule has 0 fully saturated rings. The van der Waals surface area contributed by atoms with E-state index >= 15 is 0 Å². The van der Waals surface area contributed by atoms with Crippen molar-refractivity contribution in [1.29, 1.82) is 0 Å². The van der Waals surface area contributed by atoms with E-state index < -0.39 is 32.8 Å². The minimum absolute atomic E-state index is 0.0752. The van der Waals surface area contributed by atoms with Crippen LogP contribution in [-0.2, 0) is 19.6 Å². The van der Waals surface area contributed by atoms with Crippen LogP contribution in [0.15, 0.2) is 47.4 Å². The number of ether oxygens (including phenoxy) is 2. The number of carbonyl (C=O) groups is 1. The highest BCUT2D eigenvalue weighted by molar-refractivity contribution is 7.92. The smallest absolute Gasteiger partial charge is 0.348 e. The summed E-state index contributed by atoms with van der Waals surface area (Å²) in [6, 6.07) is 9.55. The maximum absolute atomic E-state index is 14.2. The van der Waals surface area contributed by atoms with Crippen molar-refractivity contribution in [2.75, 3.05) is 18.0 Å². The average Bonchev–Trinajstić information content (AvgIpc) is 2.59. The minimum atomic E-state index is -4.29. The van der Waals surface area contributed by atoms with Gasteiger partial charge in [0.05, 0.1) is 19.3 Å². The van der Waals surface area contributed by atoms with Crippen LogP contribution >= 0.6 is 11.6 Å². The molecule has 0 radical (unpaired) electrons. The molecule has 0 spiro atoms. The molecule has 9 heteroatoms. The van der Waals surface area contributed by atoms with Crippen LogP contribution in [0.25, 0.3) is 0 Å². The van der Waals surface area contributed by atoms with Crippen LogP contribution < -0.4 is 9.04 Å². The van der Waals surface area contributed by atoms with E-state index in [9.17, 15) is 17.6 Å². The normalized spacial score (nSPS) is 16.8. The van der Waals surface area contributed by atoms with Gasteiger partial charge in [-0.15, -0.1) is 0 Å². The van der Waals surface area contributed by atoms with E-state index in [2.05, 4.69) is 4.74 Å². The van der Waals surface area contributed by atoms with Gasteiger partial charge in [-0.1, -0.05) is 23.7 Å². The Hall–Kier alpha value is -2.32. The van der Waals surface area contributed by atoms with Gasteiger partial charge in [0.2, 0.25) is 6.10 Å². The van der Waals surface area contributed by atoms with E-state index in [0.29, 0.717) is 0 Å². The SMILES string of the molecule is COC(=O)[C@@H]1CN(S(=O)(=O)c2ccc(Cl)cc2F)c2ccccc2O1. The predicted octanol–water partition coefficient (Wildman–Crippen LogP) is 2.61. The molecule has 6 nitrogen and oxygen atoms in total. The number of benzene rings is 2. The lowest BCUT2D eigenvalue weighted by Crippen LogP contribution is -2.47. The topological polar surface area (TPSA) is 72.9 Å². The molecule has 1 heterocycles. The van der Waals surface area contributed by atoms with E-state index in [-0.39, 0.29) is 23.0 Å². The molecule has 1 aliphatic rings. The molecular weight excluding hydrogens is 373 g/mol. The Morgan fingerprint density at radius 2 is 2.04 bits per heavy atom. The number of anilines is 1. The van der Waals surface area contributed by atoms with Crippen LogP contribution in [0.5, 0.6) is 5.75 Å². The molecule has 1 aliphatic heterocycles. The Balaban J connectivity index is 2.12. The molecule has 2 aromatic carbocycles. The zero-order valence-electron chi connectivity index (χ0n) is 13.0. The first-order valence-electron chi connectivity index (χ1n) is 7.16. The minimum Gasteiger partial charge on any atom is -0.475 e. The summed E-state index contributed by atoms with van der Waals surface area (Å²) in [5.41, 5.74) is 0.206. The van der Waals surface area contributed by atoms with Crippen molar-refractivity contribution >= 4 is 33.3 Å². The molecule has 0 bridgehead atoms. The summed E-state index contributed by atoms with van der Waals surface area (Å²) >= 11 is 5.69. The van der Waals surface area contributed by atoms with Gasteiger partial charge in [-0.05, 0) is 30.3 Å². The van der Waals surface area contributed by atoms with Gasteiger partial charge in [0.25, 0.3) is 10.0 Å². The van der Waals surface area contributed by atoms with Crippen molar-refractivity contribution in [3.63, 3.8) is 0 Å². The highest BCUT2D eigenvalue weighted by atomic mass is 35.5. The Morgan fingerprint density at radius 3 is 2.72 bits per heavy atom. The lowest BCUT2D eigenvalue weighted by Gasteiger charge is -2.34. The van der Waals surface area contributed by atoms with Crippen LogP contribution in [0.4, 0.5) is 10.1 Å². The van der Waals surface area contributed by atoms with Gasteiger partial charge in [-0.25, -0.2) is 17.6 Å². The summed E-state index contributed by atoms with van der Waals surface area (Å²) in [5.74, 6) is -1.53. The third-order valence-electron chi connectivity index (χ3n) is 3.66. The van der Waals surface area contributed by atoms with Gasteiger partial charge >= 0.3 is 5.97 Å². The van der Waals surface area contributed by atoms with E-state index in [4.69, 9.17) is 16.3 Å². The standard InChI is InChI=1S/C16H13ClFNO5S/c1-23-16(20)14-9-19(12-4-2-3-5-13(12)24-14)25(21,22)15-7-6-10(17)8-11(15)18/h2-8,14H,9H2,1H3/t14-/m0/s1. The van der Waals surface area contributed by atoms with Gasteiger partial charge in [-0.2, -0.15) is 0 Å². The van der Waals surface area contributed by atoms with Crippen molar-refractivity contribution in [3.05, 3.63) is 53.3 Å². The van der Waals surface area contributed by atoms with Crippen LogP contribution in [0, 0.1) is 5.82 Å². The van der Waals surface area contributed by atoms with Crippen LogP contribution in [0.3, 0.4) is 0 Å². The lowest BCUT2D eigenvalue weighted by molar-refractivity contribution is -0.148. The Morgan fingerprint density at radius 1 is 1.32 bits per heavy atom. The lowest BCUT2D eigenvalue weighted by atomic mass is 10.2. The van der Waals surface area contributed by atoms with Crippen molar-refractivity contribution in [1.82, 2.24) is 0 Å². The summed E-state index contributed by atoms with van der Waals surface area (Å²) in [4.78, 5) is 11.3. The molecule has 0 N–H and O–H groups in total. The van der Waals surface area contributed by atoms with E-state index in [0.717, 1.165) is 16.4 Å². The first kappa shape index (κ1) is 17.5. The van der Waals surface area contributed by atoms with Crippen LogP contribution in [0.2, 0.25) is 5.02 Å². The van der Waals surface area contributed by atoms with Crippen LogP contribution in [-0.4, -0.2) is 34.1 Å². The zero-order valence-corrected chi connectivity index (χ0v) is 14.6. The van der Waals surface area contributed by atoms with Crippen molar-refractivity contribution < 1.29 is 27.1 Å². The highest BCUT2D eigenvalue weighted by Crippen LogP contribution is 2.37. The summed E-state index contributed by atoms with van der Waals surface area (Å²) in [7, 11) is -3.12. The van der Waals surface area contributed by atoms with Crippen molar-refractivity contribution in [3.8, 4) is 5.75 Å². The summed E-state index contributed by atoms with van der Waals surface area (Å²) in [6.07, 6.45) is -1.16.